The standard InChI is InChI=1S/C14H18N2O4S/c1-9(8-13(18)19)7-12(17)16-14(20)15-10-3-5-11(21-2)6-4-10/h3-6,9H,7-8H2,1-2H3,(H,18,19)(H2,15,16,17,20). The van der Waals surface area contributed by atoms with E-state index in [0.29, 0.717) is 5.69 Å². The second-order valence-electron chi connectivity index (χ2n) is 4.64. The second-order valence-corrected chi connectivity index (χ2v) is 5.52. The molecule has 0 spiro atoms. The number of hydrogen-bond acceptors (Lipinski definition) is 4. The highest BCUT2D eigenvalue weighted by molar-refractivity contribution is 7.98. The average Bonchev–Trinajstić information content (AvgIpc) is 2.37. The van der Waals surface area contributed by atoms with E-state index in [0.717, 1.165) is 4.90 Å². The summed E-state index contributed by atoms with van der Waals surface area (Å²) in [5, 5.41) is 13.3. The summed E-state index contributed by atoms with van der Waals surface area (Å²) in [6, 6.07) is 6.57. The van der Waals surface area contributed by atoms with Gasteiger partial charge in [0.25, 0.3) is 0 Å². The summed E-state index contributed by atoms with van der Waals surface area (Å²) in [5.74, 6) is -1.79. The fraction of sp³-hybridized carbons (Fsp3) is 0.357. The van der Waals surface area contributed by atoms with E-state index in [2.05, 4.69) is 10.6 Å². The SMILES string of the molecule is CSc1ccc(NC(=O)NC(=O)CC(C)CC(=O)O)cc1. The van der Waals surface area contributed by atoms with Crippen molar-refractivity contribution in [3.05, 3.63) is 24.3 Å². The number of benzene rings is 1. The lowest BCUT2D eigenvalue weighted by molar-refractivity contribution is -0.138. The highest BCUT2D eigenvalue weighted by Crippen LogP contribution is 2.17. The topological polar surface area (TPSA) is 95.5 Å². The van der Waals surface area contributed by atoms with Crippen LogP contribution in [-0.4, -0.2) is 29.3 Å². The van der Waals surface area contributed by atoms with Gasteiger partial charge in [-0.05, 0) is 36.4 Å². The summed E-state index contributed by atoms with van der Waals surface area (Å²) in [7, 11) is 0. The van der Waals surface area contributed by atoms with E-state index < -0.39 is 17.9 Å². The quantitative estimate of drug-likeness (QED) is 0.702. The van der Waals surface area contributed by atoms with E-state index >= 15 is 0 Å². The van der Waals surface area contributed by atoms with Crippen molar-refractivity contribution < 1.29 is 19.5 Å². The predicted octanol–water partition coefficient (Wildman–Crippen LogP) is 2.56. The van der Waals surface area contributed by atoms with Crippen LogP contribution >= 0.6 is 11.8 Å². The molecule has 6 nitrogen and oxygen atoms in total. The van der Waals surface area contributed by atoms with Gasteiger partial charge in [-0.1, -0.05) is 6.92 Å². The van der Waals surface area contributed by atoms with E-state index in [9.17, 15) is 14.4 Å². The van der Waals surface area contributed by atoms with Gasteiger partial charge in [0, 0.05) is 23.4 Å². The third kappa shape index (κ3) is 6.80. The lowest BCUT2D eigenvalue weighted by Gasteiger charge is -2.10. The Bertz CT molecular complexity index is 516. The van der Waals surface area contributed by atoms with Gasteiger partial charge in [-0.3, -0.25) is 14.9 Å². The first-order valence-corrected chi connectivity index (χ1v) is 7.60. The second kappa shape index (κ2) is 8.31. The van der Waals surface area contributed by atoms with Crippen LogP contribution in [0.4, 0.5) is 10.5 Å². The molecular formula is C14H18N2O4S. The third-order valence-electron chi connectivity index (χ3n) is 2.66. The van der Waals surface area contributed by atoms with Gasteiger partial charge in [0.15, 0.2) is 0 Å². The fourth-order valence-electron chi connectivity index (χ4n) is 1.70. The fourth-order valence-corrected chi connectivity index (χ4v) is 2.11. The number of aliphatic carboxylic acids is 1. The Labute approximate surface area is 127 Å². The molecule has 3 amide bonds. The number of amides is 3. The van der Waals surface area contributed by atoms with E-state index in [1.807, 2.05) is 18.4 Å². The Balaban J connectivity index is 2.41. The van der Waals surface area contributed by atoms with Crippen LogP contribution in [0, 0.1) is 5.92 Å². The molecule has 0 saturated carbocycles. The Hall–Kier alpha value is -2.02. The van der Waals surface area contributed by atoms with Gasteiger partial charge in [0.2, 0.25) is 5.91 Å². The molecule has 1 aromatic rings. The molecule has 0 saturated heterocycles. The van der Waals surface area contributed by atoms with Crippen molar-refractivity contribution in [3.8, 4) is 0 Å². The summed E-state index contributed by atoms with van der Waals surface area (Å²) in [5.41, 5.74) is 0.580. The smallest absolute Gasteiger partial charge is 0.325 e. The first-order chi connectivity index (χ1) is 9.90. The van der Waals surface area contributed by atoms with E-state index in [4.69, 9.17) is 5.11 Å². The predicted molar refractivity (Wildman–Crippen MR) is 81.4 cm³/mol. The van der Waals surface area contributed by atoms with Crippen LogP contribution in [0.1, 0.15) is 19.8 Å². The molecule has 3 N–H and O–H groups in total. The van der Waals surface area contributed by atoms with Crippen molar-refractivity contribution in [2.45, 2.75) is 24.7 Å². The van der Waals surface area contributed by atoms with Crippen LogP contribution in [0.5, 0.6) is 0 Å². The Morgan fingerprint density at radius 3 is 2.33 bits per heavy atom. The van der Waals surface area contributed by atoms with Gasteiger partial charge in [-0.15, -0.1) is 11.8 Å². The summed E-state index contributed by atoms with van der Waals surface area (Å²) in [6.45, 7) is 1.65. The molecule has 0 heterocycles. The Morgan fingerprint density at radius 2 is 1.81 bits per heavy atom. The number of carboxylic acid groups (broad SMARTS) is 1. The zero-order valence-electron chi connectivity index (χ0n) is 11.9. The molecule has 0 bridgehead atoms. The van der Waals surface area contributed by atoms with Gasteiger partial charge in [0.1, 0.15) is 0 Å². The summed E-state index contributed by atoms with van der Waals surface area (Å²) in [6.07, 6.45) is 1.84. The number of urea groups is 1. The molecule has 0 aliphatic carbocycles. The van der Waals surface area contributed by atoms with Crippen molar-refractivity contribution in [1.29, 1.82) is 0 Å². The lowest BCUT2D eigenvalue weighted by atomic mass is 10.0. The first-order valence-electron chi connectivity index (χ1n) is 6.37. The Kier molecular flexibility index (Phi) is 6.74. The van der Waals surface area contributed by atoms with E-state index in [-0.39, 0.29) is 18.8 Å². The monoisotopic (exact) mass is 310 g/mol. The number of rotatable bonds is 6. The van der Waals surface area contributed by atoms with Crippen LogP contribution in [0.2, 0.25) is 0 Å². The molecule has 7 heteroatoms. The van der Waals surface area contributed by atoms with Crippen LogP contribution < -0.4 is 10.6 Å². The van der Waals surface area contributed by atoms with E-state index in [1.54, 1.807) is 30.8 Å². The maximum Gasteiger partial charge on any atom is 0.325 e. The molecule has 1 rings (SSSR count). The van der Waals surface area contributed by atoms with Crippen molar-refractivity contribution in [3.63, 3.8) is 0 Å². The molecule has 21 heavy (non-hydrogen) atoms. The van der Waals surface area contributed by atoms with Gasteiger partial charge in [-0.25, -0.2) is 4.79 Å². The van der Waals surface area contributed by atoms with Crippen molar-refractivity contribution >= 4 is 35.4 Å². The highest BCUT2D eigenvalue weighted by atomic mass is 32.2. The van der Waals surface area contributed by atoms with Gasteiger partial charge >= 0.3 is 12.0 Å². The van der Waals surface area contributed by atoms with E-state index in [1.165, 1.54) is 0 Å². The maximum absolute atomic E-state index is 11.6. The molecule has 0 fully saturated rings. The molecular weight excluding hydrogens is 292 g/mol. The third-order valence-corrected chi connectivity index (χ3v) is 3.40. The van der Waals surface area contributed by atoms with Crippen molar-refractivity contribution in [1.82, 2.24) is 5.32 Å². The van der Waals surface area contributed by atoms with Crippen LogP contribution in [-0.2, 0) is 9.59 Å². The molecule has 0 aliphatic rings. The first kappa shape index (κ1) is 17.0. The molecule has 1 unspecified atom stereocenters. The minimum atomic E-state index is -0.964. The van der Waals surface area contributed by atoms with Crippen LogP contribution in [0.3, 0.4) is 0 Å². The minimum absolute atomic E-state index is 0.00880. The summed E-state index contributed by atoms with van der Waals surface area (Å²) < 4.78 is 0. The van der Waals surface area contributed by atoms with Gasteiger partial charge < -0.3 is 10.4 Å². The number of anilines is 1. The number of nitrogens with one attached hydrogen (secondary N) is 2. The zero-order valence-corrected chi connectivity index (χ0v) is 12.7. The number of carbonyl (C=O) groups excluding carboxylic acids is 2. The summed E-state index contributed by atoms with van der Waals surface area (Å²) in [4.78, 5) is 34.7. The number of hydrogen-bond donors (Lipinski definition) is 3. The lowest BCUT2D eigenvalue weighted by Crippen LogP contribution is -2.35. The number of imide groups is 1. The maximum atomic E-state index is 11.6. The molecule has 1 aromatic carbocycles. The molecule has 0 aliphatic heterocycles. The van der Waals surface area contributed by atoms with Crippen molar-refractivity contribution in [2.24, 2.45) is 5.92 Å². The summed E-state index contributed by atoms with van der Waals surface area (Å²) >= 11 is 1.59. The molecule has 1 atom stereocenters. The van der Waals surface area contributed by atoms with Crippen molar-refractivity contribution in [2.75, 3.05) is 11.6 Å². The number of thioether (sulfide) groups is 1. The molecule has 0 aromatic heterocycles. The molecule has 114 valence electrons. The van der Waals surface area contributed by atoms with Gasteiger partial charge in [0.05, 0.1) is 0 Å². The minimum Gasteiger partial charge on any atom is -0.481 e. The van der Waals surface area contributed by atoms with Gasteiger partial charge in [-0.2, -0.15) is 0 Å². The van der Waals surface area contributed by atoms with Crippen LogP contribution in [0.15, 0.2) is 29.2 Å². The Morgan fingerprint density at radius 1 is 1.19 bits per heavy atom. The highest BCUT2D eigenvalue weighted by Gasteiger charge is 2.14. The molecule has 0 radical (unpaired) electrons. The normalized spacial score (nSPS) is 11.5. The largest absolute Gasteiger partial charge is 0.481 e. The average molecular weight is 310 g/mol. The zero-order chi connectivity index (χ0) is 15.8. The number of carbonyl (C=O) groups is 3. The number of carboxylic acids is 1. The van der Waals surface area contributed by atoms with Crippen LogP contribution in [0.25, 0.3) is 0 Å².